The molecule has 178 valence electrons. The van der Waals surface area contributed by atoms with Crippen LogP contribution in [0, 0.1) is 25.7 Å². The molecule has 0 spiro atoms. The van der Waals surface area contributed by atoms with Crippen LogP contribution in [0.4, 0.5) is 0 Å². The monoisotopic (exact) mass is 481 g/mol. The Kier molecular flexibility index (Phi) is 10.5. The number of aromatic amines is 1. The van der Waals surface area contributed by atoms with Crippen LogP contribution in [-0.4, -0.2) is 46.7 Å². The fourth-order valence-corrected chi connectivity index (χ4v) is 5.17. The molecule has 0 radical (unpaired) electrons. The Morgan fingerprint density at radius 2 is 1.97 bits per heavy atom. The molecule has 3 atom stereocenters. The summed E-state index contributed by atoms with van der Waals surface area (Å²) in [6.07, 6.45) is 3.94. The number of amides is 1. The number of likely N-dealkylation sites (tertiary alicyclic amines) is 1. The molecule has 0 aliphatic carbocycles. The number of benzene rings is 1. The van der Waals surface area contributed by atoms with Crippen LogP contribution in [0.1, 0.15) is 48.2 Å². The minimum Gasteiger partial charge on any atom is -0.352 e. The highest BCUT2D eigenvalue weighted by atomic mass is 35.5. The van der Waals surface area contributed by atoms with Crippen molar-refractivity contribution in [3.05, 3.63) is 52.8 Å². The third kappa shape index (κ3) is 6.95. The van der Waals surface area contributed by atoms with Crippen molar-refractivity contribution < 1.29 is 4.79 Å². The lowest BCUT2D eigenvalue weighted by atomic mass is 9.79. The lowest BCUT2D eigenvalue weighted by Crippen LogP contribution is -2.55. The van der Waals surface area contributed by atoms with Gasteiger partial charge in [0.05, 0.1) is 5.69 Å². The molecule has 2 fully saturated rings. The molecule has 32 heavy (non-hydrogen) atoms. The second-order valence-electron chi connectivity index (χ2n) is 9.14. The van der Waals surface area contributed by atoms with E-state index in [1.807, 2.05) is 13.8 Å². The van der Waals surface area contributed by atoms with E-state index >= 15 is 0 Å². The van der Waals surface area contributed by atoms with E-state index in [9.17, 15) is 4.79 Å². The van der Waals surface area contributed by atoms with Crippen molar-refractivity contribution in [1.82, 2.24) is 25.7 Å². The number of nitrogens with zero attached hydrogens (tertiary/aromatic N) is 2. The lowest BCUT2D eigenvalue weighted by Gasteiger charge is -2.46. The van der Waals surface area contributed by atoms with Crippen molar-refractivity contribution in [1.29, 1.82) is 0 Å². The maximum Gasteiger partial charge on any atom is 0.220 e. The molecular formula is C24H37Cl2N5O. The maximum absolute atomic E-state index is 12.3. The number of rotatable bonds is 8. The smallest absolute Gasteiger partial charge is 0.220 e. The highest BCUT2D eigenvalue weighted by Crippen LogP contribution is 2.31. The van der Waals surface area contributed by atoms with E-state index in [0.29, 0.717) is 24.9 Å². The molecule has 3 heterocycles. The van der Waals surface area contributed by atoms with Gasteiger partial charge >= 0.3 is 0 Å². The summed E-state index contributed by atoms with van der Waals surface area (Å²) in [4.78, 5) is 14.9. The topological polar surface area (TPSA) is 73.0 Å². The number of carbonyl (C=O) groups excluding carboxylic acids is 1. The highest BCUT2D eigenvalue weighted by Gasteiger charge is 2.36. The molecule has 8 heteroatoms. The van der Waals surface area contributed by atoms with E-state index < -0.39 is 0 Å². The summed E-state index contributed by atoms with van der Waals surface area (Å²) in [6, 6.07) is 11.3. The first-order valence-electron chi connectivity index (χ1n) is 11.3. The van der Waals surface area contributed by atoms with E-state index in [-0.39, 0.29) is 30.7 Å². The number of piperidine rings is 2. The Hall–Kier alpha value is -1.60. The van der Waals surface area contributed by atoms with Crippen LogP contribution in [0.5, 0.6) is 0 Å². The number of nitrogens with one attached hydrogen (secondary N) is 3. The van der Waals surface area contributed by atoms with Crippen LogP contribution in [0.15, 0.2) is 30.3 Å². The Bertz CT molecular complexity index is 825. The zero-order chi connectivity index (χ0) is 20.9. The normalized spacial score (nSPS) is 22.5. The van der Waals surface area contributed by atoms with E-state index in [4.69, 9.17) is 0 Å². The molecule has 2 bridgehead atoms. The van der Waals surface area contributed by atoms with Crippen molar-refractivity contribution >= 4 is 30.7 Å². The first-order valence-corrected chi connectivity index (χ1v) is 11.3. The summed E-state index contributed by atoms with van der Waals surface area (Å²) in [5.41, 5.74) is 4.50. The molecule has 1 aromatic heterocycles. The van der Waals surface area contributed by atoms with E-state index in [2.05, 4.69) is 56.1 Å². The Balaban J connectivity index is 0.00000181. The van der Waals surface area contributed by atoms with Crippen LogP contribution >= 0.6 is 24.8 Å². The molecule has 0 saturated carbocycles. The third-order valence-electron chi connectivity index (χ3n) is 6.79. The van der Waals surface area contributed by atoms with Crippen molar-refractivity contribution in [2.45, 2.75) is 58.7 Å². The summed E-state index contributed by atoms with van der Waals surface area (Å²) in [7, 11) is 0. The summed E-state index contributed by atoms with van der Waals surface area (Å²) in [6.45, 7) is 9.04. The predicted octanol–water partition coefficient (Wildman–Crippen LogP) is 3.77. The van der Waals surface area contributed by atoms with Crippen LogP contribution in [-0.2, 0) is 17.9 Å². The number of aromatic nitrogens is 2. The van der Waals surface area contributed by atoms with Gasteiger partial charge in [0.25, 0.3) is 0 Å². The number of aryl methyl sites for hydroxylation is 2. The molecule has 1 aromatic carbocycles. The van der Waals surface area contributed by atoms with Crippen LogP contribution in [0.3, 0.4) is 0 Å². The van der Waals surface area contributed by atoms with Gasteiger partial charge < -0.3 is 10.6 Å². The first-order chi connectivity index (χ1) is 14.6. The number of hydrogen-bond acceptors (Lipinski definition) is 4. The molecule has 2 saturated heterocycles. The second kappa shape index (κ2) is 12.6. The Morgan fingerprint density at radius 1 is 1.19 bits per heavy atom. The van der Waals surface area contributed by atoms with Crippen LogP contribution in [0.2, 0.25) is 0 Å². The lowest BCUT2D eigenvalue weighted by molar-refractivity contribution is -0.121. The van der Waals surface area contributed by atoms with Gasteiger partial charge in [0.1, 0.15) is 0 Å². The summed E-state index contributed by atoms with van der Waals surface area (Å²) in [5, 5.41) is 14.0. The fourth-order valence-electron chi connectivity index (χ4n) is 5.17. The molecule has 2 aliphatic rings. The van der Waals surface area contributed by atoms with Crippen LogP contribution < -0.4 is 10.6 Å². The van der Waals surface area contributed by atoms with Crippen LogP contribution in [0.25, 0.3) is 0 Å². The summed E-state index contributed by atoms with van der Waals surface area (Å²) >= 11 is 0. The maximum atomic E-state index is 12.3. The number of hydrogen-bond donors (Lipinski definition) is 3. The Labute approximate surface area is 204 Å². The number of carbonyl (C=O) groups is 1. The van der Waals surface area contributed by atoms with E-state index in [1.54, 1.807) is 0 Å². The zero-order valence-corrected chi connectivity index (χ0v) is 20.7. The average molecular weight is 483 g/mol. The van der Waals surface area contributed by atoms with Crippen molar-refractivity contribution in [2.75, 3.05) is 19.6 Å². The van der Waals surface area contributed by atoms with Gasteiger partial charge in [0, 0.05) is 49.9 Å². The Morgan fingerprint density at radius 3 is 2.69 bits per heavy atom. The first kappa shape index (κ1) is 26.7. The highest BCUT2D eigenvalue weighted by molar-refractivity contribution is 5.85. The van der Waals surface area contributed by atoms with Gasteiger partial charge in [-0.25, -0.2) is 0 Å². The molecule has 1 amide bonds. The van der Waals surface area contributed by atoms with Gasteiger partial charge in [-0.3, -0.25) is 14.8 Å². The molecule has 4 rings (SSSR count). The second-order valence-corrected chi connectivity index (χ2v) is 9.14. The quantitative estimate of drug-likeness (QED) is 0.536. The minimum atomic E-state index is 0. The summed E-state index contributed by atoms with van der Waals surface area (Å²) < 4.78 is 0. The van der Waals surface area contributed by atoms with Crippen molar-refractivity contribution in [3.63, 3.8) is 0 Å². The van der Waals surface area contributed by atoms with Gasteiger partial charge in [-0.1, -0.05) is 30.3 Å². The molecule has 2 unspecified atom stereocenters. The molecule has 2 aliphatic heterocycles. The van der Waals surface area contributed by atoms with E-state index in [1.165, 1.54) is 18.5 Å². The minimum absolute atomic E-state index is 0. The molecule has 2 aromatic rings. The van der Waals surface area contributed by atoms with Crippen molar-refractivity contribution in [2.24, 2.45) is 11.8 Å². The predicted molar refractivity (Wildman–Crippen MR) is 133 cm³/mol. The van der Waals surface area contributed by atoms with Gasteiger partial charge in [0.15, 0.2) is 0 Å². The summed E-state index contributed by atoms with van der Waals surface area (Å²) in [5.74, 6) is 1.59. The third-order valence-corrected chi connectivity index (χ3v) is 6.79. The van der Waals surface area contributed by atoms with Gasteiger partial charge in [0.2, 0.25) is 5.91 Å². The molecular weight excluding hydrogens is 445 g/mol. The average Bonchev–Trinajstić information content (AvgIpc) is 3.06. The number of halogens is 2. The number of fused-ring (bicyclic) bond motifs is 2. The number of H-pyrrole nitrogens is 1. The fraction of sp³-hybridized carbons (Fsp3) is 0.583. The van der Waals surface area contributed by atoms with Gasteiger partial charge in [-0.15, -0.1) is 24.8 Å². The molecule has 6 nitrogen and oxygen atoms in total. The standard InChI is InChI=1S/C24H35N5O.2ClH/c1-17-22(18(2)28-27-17)13-26-24(30)10-6-9-23-21-11-20(12-25-23)15-29(16-21)14-19-7-4-3-5-8-19;;/h3-5,7-8,20-21,23,25H,6,9-16H2,1-2H3,(H,26,30)(H,27,28);2*1H/t20?,21?,23-;;/m1../s1. The SMILES string of the molecule is Cc1n[nH]c(C)c1CNC(=O)CCC[C@H]1NCC2CC1CN(Cc1ccccc1)C2.Cl.Cl. The van der Waals surface area contributed by atoms with E-state index in [0.717, 1.165) is 55.3 Å². The molecule has 3 N–H and O–H groups in total. The largest absolute Gasteiger partial charge is 0.352 e. The van der Waals surface area contributed by atoms with Crippen molar-refractivity contribution in [3.8, 4) is 0 Å². The zero-order valence-electron chi connectivity index (χ0n) is 19.1. The van der Waals surface area contributed by atoms with Gasteiger partial charge in [-0.05, 0) is 57.1 Å². The van der Waals surface area contributed by atoms with Gasteiger partial charge in [-0.2, -0.15) is 5.10 Å².